The number of nitrogens with zero attached hydrogens (tertiary/aromatic N) is 2. The molecule has 0 bridgehead atoms. The lowest BCUT2D eigenvalue weighted by Gasteiger charge is -2.27. The molecular formula is C23H28FN3O5S2. The maximum atomic E-state index is 13.6. The Balaban J connectivity index is 1.52. The van der Waals surface area contributed by atoms with Gasteiger partial charge in [-0.1, -0.05) is 18.2 Å². The molecule has 1 fully saturated rings. The van der Waals surface area contributed by atoms with Crippen molar-refractivity contribution in [2.75, 3.05) is 55.7 Å². The molecule has 1 heterocycles. The average molecular weight is 510 g/mol. The van der Waals surface area contributed by atoms with E-state index < -0.39 is 15.9 Å². The maximum Gasteiger partial charge on any atom is 0.254 e. The first kappa shape index (κ1) is 26.0. The van der Waals surface area contributed by atoms with E-state index in [0.717, 1.165) is 10.6 Å². The summed E-state index contributed by atoms with van der Waals surface area (Å²) in [4.78, 5) is 26.7. The van der Waals surface area contributed by atoms with Gasteiger partial charge < -0.3 is 15.0 Å². The van der Waals surface area contributed by atoms with E-state index >= 15 is 0 Å². The predicted octanol–water partition coefficient (Wildman–Crippen LogP) is 2.11. The summed E-state index contributed by atoms with van der Waals surface area (Å²) in [6.45, 7) is 1.94. The molecule has 0 atom stereocenters. The molecule has 2 aromatic carbocycles. The highest BCUT2D eigenvalue weighted by Gasteiger charge is 2.22. The van der Waals surface area contributed by atoms with Gasteiger partial charge in [0.2, 0.25) is 15.9 Å². The molecule has 1 aliphatic heterocycles. The van der Waals surface area contributed by atoms with Crippen molar-refractivity contribution in [2.45, 2.75) is 5.75 Å². The van der Waals surface area contributed by atoms with Crippen molar-refractivity contribution in [1.29, 1.82) is 0 Å². The van der Waals surface area contributed by atoms with E-state index in [0.29, 0.717) is 61.2 Å². The number of ether oxygens (including phenoxy) is 1. The number of hydrogen-bond acceptors (Lipinski definition) is 6. The lowest BCUT2D eigenvalue weighted by molar-refractivity contribution is -0.119. The third-order valence-corrected chi connectivity index (χ3v) is 7.32. The van der Waals surface area contributed by atoms with Crippen LogP contribution in [0.15, 0.2) is 48.5 Å². The Kier molecular flexibility index (Phi) is 9.31. The average Bonchev–Trinajstić information content (AvgIpc) is 2.83. The largest absolute Gasteiger partial charge is 0.378 e. The van der Waals surface area contributed by atoms with Crippen molar-refractivity contribution >= 4 is 39.3 Å². The molecule has 0 unspecified atom stereocenters. The summed E-state index contributed by atoms with van der Waals surface area (Å²) in [5.74, 6) is 0.169. The van der Waals surface area contributed by atoms with E-state index in [1.54, 1.807) is 35.2 Å². The molecule has 8 nitrogen and oxygen atoms in total. The molecule has 3 rings (SSSR count). The Morgan fingerprint density at radius 3 is 2.44 bits per heavy atom. The fourth-order valence-electron chi connectivity index (χ4n) is 3.37. The summed E-state index contributed by atoms with van der Waals surface area (Å²) in [6.07, 6.45) is 1.03. The SMILES string of the molecule is CS(=O)(=O)N(CC(=O)NCCSCc1ccccc1F)c1ccc(C(=O)N2CCOCC2)cc1. The van der Waals surface area contributed by atoms with E-state index in [4.69, 9.17) is 4.74 Å². The Bertz CT molecular complexity index is 1090. The maximum absolute atomic E-state index is 13.6. The van der Waals surface area contributed by atoms with Crippen LogP contribution in [0.5, 0.6) is 0 Å². The molecule has 2 aromatic rings. The number of sulfonamides is 1. The van der Waals surface area contributed by atoms with Crippen LogP contribution >= 0.6 is 11.8 Å². The number of carbonyl (C=O) groups is 2. The van der Waals surface area contributed by atoms with Crippen LogP contribution in [-0.2, 0) is 25.3 Å². The monoisotopic (exact) mass is 509 g/mol. The number of amides is 2. The summed E-state index contributed by atoms with van der Waals surface area (Å²) in [6, 6.07) is 12.7. The summed E-state index contributed by atoms with van der Waals surface area (Å²) < 4.78 is 44.5. The van der Waals surface area contributed by atoms with Crippen LogP contribution < -0.4 is 9.62 Å². The van der Waals surface area contributed by atoms with Crippen molar-refractivity contribution < 1.29 is 27.1 Å². The van der Waals surface area contributed by atoms with Gasteiger partial charge in [0.05, 0.1) is 25.2 Å². The minimum Gasteiger partial charge on any atom is -0.378 e. The quantitative estimate of drug-likeness (QED) is 0.493. The molecule has 184 valence electrons. The summed E-state index contributed by atoms with van der Waals surface area (Å²) >= 11 is 1.47. The number of halogens is 1. The number of carbonyl (C=O) groups excluding carboxylic acids is 2. The van der Waals surface area contributed by atoms with Crippen molar-refractivity contribution in [2.24, 2.45) is 0 Å². The van der Waals surface area contributed by atoms with Gasteiger partial charge in [0.15, 0.2) is 0 Å². The van der Waals surface area contributed by atoms with Crippen molar-refractivity contribution in [3.63, 3.8) is 0 Å². The van der Waals surface area contributed by atoms with Crippen LogP contribution in [0, 0.1) is 5.82 Å². The van der Waals surface area contributed by atoms with E-state index in [2.05, 4.69) is 5.32 Å². The fraction of sp³-hybridized carbons (Fsp3) is 0.391. The third kappa shape index (κ3) is 7.44. The van der Waals surface area contributed by atoms with Gasteiger partial charge in [0.1, 0.15) is 12.4 Å². The van der Waals surface area contributed by atoms with Gasteiger partial charge in [-0.05, 0) is 35.9 Å². The fourth-order valence-corrected chi connectivity index (χ4v) is 5.07. The summed E-state index contributed by atoms with van der Waals surface area (Å²) in [5.41, 5.74) is 1.33. The van der Waals surface area contributed by atoms with E-state index in [-0.39, 0.29) is 18.3 Å². The summed E-state index contributed by atoms with van der Waals surface area (Å²) in [5, 5.41) is 2.70. The van der Waals surface area contributed by atoms with Crippen LogP contribution in [0.25, 0.3) is 0 Å². The van der Waals surface area contributed by atoms with Crippen LogP contribution in [0.3, 0.4) is 0 Å². The number of nitrogens with one attached hydrogen (secondary N) is 1. The first-order chi connectivity index (χ1) is 16.3. The van der Waals surface area contributed by atoms with Gasteiger partial charge in [-0.2, -0.15) is 11.8 Å². The highest BCUT2D eigenvalue weighted by molar-refractivity contribution is 7.98. The standard InChI is InChI=1S/C23H28FN3O5S2/c1-34(30,31)27(16-22(28)25-10-15-33-17-19-4-2-3-5-21(19)24)20-8-6-18(7-9-20)23(29)26-11-13-32-14-12-26/h2-9H,10-17H2,1H3,(H,25,28). The van der Waals surface area contributed by atoms with Gasteiger partial charge in [-0.15, -0.1) is 0 Å². The van der Waals surface area contributed by atoms with Gasteiger partial charge in [-0.25, -0.2) is 12.8 Å². The minimum atomic E-state index is -3.73. The smallest absolute Gasteiger partial charge is 0.254 e. The second kappa shape index (κ2) is 12.2. The van der Waals surface area contributed by atoms with E-state index in [9.17, 15) is 22.4 Å². The summed E-state index contributed by atoms with van der Waals surface area (Å²) in [7, 11) is -3.73. The Morgan fingerprint density at radius 1 is 1.12 bits per heavy atom. The van der Waals surface area contributed by atoms with Gasteiger partial charge >= 0.3 is 0 Å². The molecule has 0 aromatic heterocycles. The number of rotatable bonds is 10. The Hall–Kier alpha value is -2.63. The highest BCUT2D eigenvalue weighted by Crippen LogP contribution is 2.19. The second-order valence-electron chi connectivity index (χ2n) is 7.72. The van der Waals surface area contributed by atoms with Gasteiger partial charge in [0, 0.05) is 36.7 Å². The molecule has 2 amide bonds. The van der Waals surface area contributed by atoms with E-state index in [1.165, 1.54) is 30.0 Å². The Labute approximate surface area is 203 Å². The normalized spacial score (nSPS) is 14.0. The van der Waals surface area contributed by atoms with Crippen molar-refractivity contribution in [1.82, 2.24) is 10.2 Å². The predicted molar refractivity (Wildman–Crippen MR) is 131 cm³/mol. The van der Waals surface area contributed by atoms with Gasteiger partial charge in [-0.3, -0.25) is 13.9 Å². The number of benzene rings is 2. The number of morpholine rings is 1. The topological polar surface area (TPSA) is 96.0 Å². The highest BCUT2D eigenvalue weighted by atomic mass is 32.2. The molecular weight excluding hydrogens is 481 g/mol. The number of hydrogen-bond donors (Lipinski definition) is 1. The zero-order valence-corrected chi connectivity index (χ0v) is 20.5. The van der Waals surface area contributed by atoms with Crippen LogP contribution in [-0.4, -0.2) is 76.5 Å². The molecule has 0 radical (unpaired) electrons. The van der Waals surface area contributed by atoms with Crippen molar-refractivity contribution in [3.05, 3.63) is 65.5 Å². The van der Waals surface area contributed by atoms with Crippen LogP contribution in [0.1, 0.15) is 15.9 Å². The first-order valence-electron chi connectivity index (χ1n) is 10.8. The van der Waals surface area contributed by atoms with Crippen molar-refractivity contribution in [3.8, 4) is 0 Å². The zero-order chi connectivity index (χ0) is 24.6. The van der Waals surface area contributed by atoms with Crippen LogP contribution in [0.4, 0.5) is 10.1 Å². The number of anilines is 1. The second-order valence-corrected chi connectivity index (χ2v) is 10.7. The lowest BCUT2D eigenvalue weighted by Crippen LogP contribution is -2.41. The molecule has 1 N–H and O–H groups in total. The molecule has 0 saturated carbocycles. The molecule has 1 saturated heterocycles. The Morgan fingerprint density at radius 2 is 1.79 bits per heavy atom. The van der Waals surface area contributed by atoms with E-state index in [1.807, 2.05) is 0 Å². The molecule has 0 aliphatic carbocycles. The molecule has 0 spiro atoms. The number of thioether (sulfide) groups is 1. The van der Waals surface area contributed by atoms with Crippen LogP contribution in [0.2, 0.25) is 0 Å². The zero-order valence-electron chi connectivity index (χ0n) is 18.9. The molecule has 11 heteroatoms. The molecule has 34 heavy (non-hydrogen) atoms. The lowest BCUT2D eigenvalue weighted by atomic mass is 10.1. The molecule has 1 aliphatic rings. The third-order valence-electron chi connectivity index (χ3n) is 5.17. The first-order valence-corrected chi connectivity index (χ1v) is 13.8. The minimum absolute atomic E-state index is 0.147. The van der Waals surface area contributed by atoms with Gasteiger partial charge in [0.25, 0.3) is 5.91 Å².